The Kier molecular flexibility index (Phi) is 6.49. The SMILES string of the molecule is COC(=O)C1CC(C2=CCC(C(F)(F)F)C=C2)CN(C(=O)N2CCS(=O)(=O)CC2)C1. The predicted molar refractivity (Wildman–Crippen MR) is 102 cm³/mol. The van der Waals surface area contributed by atoms with Crippen molar-refractivity contribution in [2.24, 2.45) is 17.8 Å². The molecule has 0 aromatic heterocycles. The average Bonchev–Trinajstić information content (AvgIpc) is 2.71. The molecule has 2 heterocycles. The lowest BCUT2D eigenvalue weighted by Gasteiger charge is -2.40. The van der Waals surface area contributed by atoms with Crippen molar-refractivity contribution in [1.29, 1.82) is 0 Å². The minimum absolute atomic E-state index is 0.0844. The van der Waals surface area contributed by atoms with Crippen molar-refractivity contribution in [3.05, 3.63) is 23.8 Å². The third kappa shape index (κ3) is 5.16. The van der Waals surface area contributed by atoms with E-state index in [0.29, 0.717) is 12.0 Å². The van der Waals surface area contributed by atoms with E-state index in [1.165, 1.54) is 29.1 Å². The van der Waals surface area contributed by atoms with E-state index in [1.807, 2.05) is 0 Å². The van der Waals surface area contributed by atoms with Crippen LogP contribution in [0.5, 0.6) is 0 Å². The van der Waals surface area contributed by atoms with E-state index in [1.54, 1.807) is 0 Å². The van der Waals surface area contributed by atoms with Crippen LogP contribution in [-0.4, -0.2) is 81.2 Å². The molecule has 3 rings (SSSR count). The molecule has 2 amide bonds. The average molecular weight is 450 g/mol. The van der Waals surface area contributed by atoms with Gasteiger partial charge in [0.05, 0.1) is 30.5 Å². The van der Waals surface area contributed by atoms with Gasteiger partial charge in [0.25, 0.3) is 0 Å². The van der Waals surface area contributed by atoms with Gasteiger partial charge in [-0.25, -0.2) is 13.2 Å². The van der Waals surface area contributed by atoms with Gasteiger partial charge in [-0.3, -0.25) is 4.79 Å². The number of alkyl halides is 3. The van der Waals surface area contributed by atoms with Crippen LogP contribution in [-0.2, 0) is 19.4 Å². The van der Waals surface area contributed by atoms with Crippen LogP contribution in [0.3, 0.4) is 0 Å². The molecule has 0 bridgehead atoms. The molecule has 3 atom stereocenters. The van der Waals surface area contributed by atoms with Gasteiger partial charge < -0.3 is 14.5 Å². The fourth-order valence-corrected chi connectivity index (χ4v) is 5.32. The fraction of sp³-hybridized carbons (Fsp3) is 0.684. The van der Waals surface area contributed by atoms with Gasteiger partial charge >= 0.3 is 18.2 Å². The lowest BCUT2D eigenvalue weighted by molar-refractivity contribution is -0.160. The van der Waals surface area contributed by atoms with Crippen LogP contribution in [0.25, 0.3) is 0 Å². The van der Waals surface area contributed by atoms with E-state index >= 15 is 0 Å². The van der Waals surface area contributed by atoms with Gasteiger partial charge in [0.2, 0.25) is 0 Å². The number of carbonyl (C=O) groups is 2. The molecule has 2 fully saturated rings. The van der Waals surface area contributed by atoms with E-state index in [2.05, 4.69) is 0 Å². The maximum atomic E-state index is 13.0. The number of ether oxygens (including phenoxy) is 1. The second-order valence-corrected chi connectivity index (χ2v) is 10.2. The van der Waals surface area contributed by atoms with Gasteiger partial charge in [0.1, 0.15) is 0 Å². The van der Waals surface area contributed by atoms with Crippen LogP contribution in [0, 0.1) is 17.8 Å². The van der Waals surface area contributed by atoms with Crippen molar-refractivity contribution in [2.45, 2.75) is 19.0 Å². The summed E-state index contributed by atoms with van der Waals surface area (Å²) in [6, 6.07) is -0.364. The molecule has 11 heteroatoms. The smallest absolute Gasteiger partial charge is 0.395 e. The van der Waals surface area contributed by atoms with Crippen LogP contribution in [0.4, 0.5) is 18.0 Å². The first-order valence-corrected chi connectivity index (χ1v) is 11.6. The van der Waals surface area contributed by atoms with Gasteiger partial charge in [-0.05, 0) is 18.4 Å². The summed E-state index contributed by atoms with van der Waals surface area (Å²) in [5.41, 5.74) is 0.670. The molecule has 7 nitrogen and oxygen atoms in total. The fourth-order valence-electron chi connectivity index (χ4n) is 4.12. The number of allylic oxidation sites excluding steroid dienone is 3. The molecular weight excluding hydrogens is 425 g/mol. The largest absolute Gasteiger partial charge is 0.469 e. The summed E-state index contributed by atoms with van der Waals surface area (Å²) >= 11 is 0. The third-order valence-electron chi connectivity index (χ3n) is 5.89. The number of halogens is 3. The number of rotatable bonds is 2. The summed E-state index contributed by atoms with van der Waals surface area (Å²) < 4.78 is 66.8. The topological polar surface area (TPSA) is 84.0 Å². The van der Waals surface area contributed by atoms with Gasteiger partial charge in [-0.2, -0.15) is 13.2 Å². The normalized spacial score (nSPS) is 29.3. The van der Waals surface area contributed by atoms with Gasteiger partial charge in [0.15, 0.2) is 9.84 Å². The molecule has 0 spiro atoms. The molecule has 0 radical (unpaired) electrons. The number of hydrogen-bond acceptors (Lipinski definition) is 5. The second-order valence-electron chi connectivity index (χ2n) is 7.93. The number of hydrogen-bond donors (Lipinski definition) is 0. The number of amides is 2. The minimum atomic E-state index is -4.31. The highest BCUT2D eigenvalue weighted by Crippen LogP contribution is 2.37. The van der Waals surface area contributed by atoms with E-state index in [9.17, 15) is 31.2 Å². The monoisotopic (exact) mass is 450 g/mol. The molecule has 2 saturated heterocycles. The molecule has 30 heavy (non-hydrogen) atoms. The summed E-state index contributed by atoms with van der Waals surface area (Å²) in [6.07, 6.45) is -0.0277. The first kappa shape index (κ1) is 22.6. The number of sulfone groups is 1. The maximum Gasteiger partial charge on any atom is 0.395 e. The first-order valence-electron chi connectivity index (χ1n) is 9.77. The molecule has 3 unspecified atom stereocenters. The summed E-state index contributed by atoms with van der Waals surface area (Å²) in [5, 5.41) is 0. The standard InChI is InChI=1S/C19H25F3N2O5S/c1-29-17(25)15-10-14(13-2-4-16(5-3-13)19(20,21)22)11-24(12-15)18(26)23-6-8-30(27,28)9-7-23/h2-4,14-16H,5-12H2,1H3. The molecule has 0 N–H and O–H groups in total. The Morgan fingerprint density at radius 2 is 1.80 bits per heavy atom. The zero-order valence-corrected chi connectivity index (χ0v) is 17.4. The lowest BCUT2D eigenvalue weighted by Crippen LogP contribution is -2.54. The Balaban J connectivity index is 1.74. The Labute approximate surface area is 173 Å². The zero-order chi connectivity index (χ0) is 22.1. The molecule has 1 aliphatic carbocycles. The lowest BCUT2D eigenvalue weighted by atomic mass is 9.81. The van der Waals surface area contributed by atoms with Crippen LogP contribution in [0.15, 0.2) is 23.8 Å². The molecule has 0 aromatic rings. The van der Waals surface area contributed by atoms with Crippen molar-refractivity contribution in [3.63, 3.8) is 0 Å². The summed E-state index contributed by atoms with van der Waals surface area (Å²) in [6.45, 7) is 0.554. The molecule has 0 aromatic carbocycles. The zero-order valence-electron chi connectivity index (χ0n) is 16.6. The van der Waals surface area contributed by atoms with Gasteiger partial charge in [-0.15, -0.1) is 0 Å². The minimum Gasteiger partial charge on any atom is -0.469 e. The van der Waals surface area contributed by atoms with Gasteiger partial charge in [0, 0.05) is 32.1 Å². The van der Waals surface area contributed by atoms with E-state index in [0.717, 1.165) is 6.08 Å². The number of urea groups is 1. The third-order valence-corrected chi connectivity index (χ3v) is 7.50. The number of carbonyl (C=O) groups excluding carboxylic acids is 2. The summed E-state index contributed by atoms with van der Waals surface area (Å²) in [7, 11) is -1.90. The van der Waals surface area contributed by atoms with E-state index in [-0.39, 0.29) is 56.1 Å². The Hall–Kier alpha value is -2.04. The van der Waals surface area contributed by atoms with E-state index < -0.39 is 33.8 Å². The maximum absolute atomic E-state index is 13.0. The van der Waals surface area contributed by atoms with Gasteiger partial charge in [-0.1, -0.05) is 18.2 Å². The molecule has 168 valence electrons. The van der Waals surface area contributed by atoms with Crippen LogP contribution < -0.4 is 0 Å². The first-order chi connectivity index (χ1) is 14.0. The molecular formula is C19H25F3N2O5S. The highest BCUT2D eigenvalue weighted by atomic mass is 32.2. The van der Waals surface area contributed by atoms with Crippen molar-refractivity contribution in [1.82, 2.24) is 9.80 Å². The summed E-state index contributed by atoms with van der Waals surface area (Å²) in [5.74, 6) is -3.13. The molecule has 0 saturated carbocycles. The Morgan fingerprint density at radius 1 is 1.13 bits per heavy atom. The van der Waals surface area contributed by atoms with E-state index in [4.69, 9.17) is 4.74 Å². The van der Waals surface area contributed by atoms with Crippen molar-refractivity contribution >= 4 is 21.8 Å². The Morgan fingerprint density at radius 3 is 2.33 bits per heavy atom. The van der Waals surface area contributed by atoms with Crippen molar-refractivity contribution in [2.75, 3.05) is 44.8 Å². The van der Waals surface area contributed by atoms with Crippen molar-refractivity contribution < 1.29 is 35.9 Å². The number of piperidine rings is 1. The molecule has 2 aliphatic heterocycles. The number of esters is 1. The van der Waals surface area contributed by atoms with Crippen molar-refractivity contribution in [3.8, 4) is 0 Å². The van der Waals surface area contributed by atoms with Crippen LogP contribution in [0.2, 0.25) is 0 Å². The van der Waals surface area contributed by atoms with Crippen LogP contribution in [0.1, 0.15) is 12.8 Å². The highest BCUT2D eigenvalue weighted by Gasteiger charge is 2.41. The number of nitrogens with zero attached hydrogens (tertiary/aromatic N) is 2. The Bertz CT molecular complexity index is 839. The second kappa shape index (κ2) is 8.60. The predicted octanol–water partition coefficient (Wildman–Crippen LogP) is 2.01. The number of methoxy groups -OCH3 is 1. The molecule has 3 aliphatic rings. The summed E-state index contributed by atoms with van der Waals surface area (Å²) in [4.78, 5) is 28.1. The number of likely N-dealkylation sites (tertiary alicyclic amines) is 1. The quantitative estimate of drug-likeness (QED) is 0.601. The highest BCUT2D eigenvalue weighted by molar-refractivity contribution is 7.91. The van der Waals surface area contributed by atoms with Crippen LogP contribution >= 0.6 is 0 Å².